The quantitative estimate of drug-likeness (QED) is 0.257. The van der Waals surface area contributed by atoms with Crippen molar-refractivity contribution in [1.29, 1.82) is 5.26 Å². The number of nitrogens with zero attached hydrogens (tertiary/aromatic N) is 6. The minimum Gasteiger partial charge on any atom is -0.462 e. The van der Waals surface area contributed by atoms with Gasteiger partial charge in [-0.25, -0.2) is 4.79 Å². The Kier molecular flexibility index (Phi) is 11.1. The molecule has 45 heavy (non-hydrogen) atoms. The van der Waals surface area contributed by atoms with Gasteiger partial charge in [-0.15, -0.1) is 0 Å². The Morgan fingerprint density at radius 1 is 1.07 bits per heavy atom. The van der Waals surface area contributed by atoms with Crippen LogP contribution in [0, 0.1) is 11.3 Å². The average Bonchev–Trinajstić information content (AvgIpc) is 3.74. The van der Waals surface area contributed by atoms with Crippen molar-refractivity contribution in [3.05, 3.63) is 46.1 Å². The van der Waals surface area contributed by atoms with Crippen molar-refractivity contribution in [2.45, 2.75) is 116 Å². The van der Waals surface area contributed by atoms with E-state index in [4.69, 9.17) is 31.0 Å². The number of likely N-dealkylation sites (tertiary alicyclic amines) is 1. The van der Waals surface area contributed by atoms with Gasteiger partial charge < -0.3 is 19.3 Å². The second-order valence-electron chi connectivity index (χ2n) is 13.7. The van der Waals surface area contributed by atoms with E-state index in [0.717, 1.165) is 72.7 Å². The summed E-state index contributed by atoms with van der Waals surface area (Å²) in [6, 6.07) is 11.5. The predicted molar refractivity (Wildman–Crippen MR) is 177 cm³/mol. The van der Waals surface area contributed by atoms with Crippen LogP contribution in [0.25, 0.3) is 0 Å². The summed E-state index contributed by atoms with van der Waals surface area (Å²) in [5.74, 6) is 0.867. The number of carbonyl (C=O) groups excluding carboxylic acids is 1. The molecule has 0 radical (unpaired) electrons. The van der Waals surface area contributed by atoms with Gasteiger partial charge in [0.15, 0.2) is 0 Å². The Labute approximate surface area is 273 Å². The van der Waals surface area contributed by atoms with Gasteiger partial charge in [0.1, 0.15) is 18.0 Å². The lowest BCUT2D eigenvalue weighted by Crippen LogP contribution is -2.56. The Morgan fingerprint density at radius 3 is 2.58 bits per heavy atom. The minimum absolute atomic E-state index is 0.219. The molecule has 10 heteroatoms. The van der Waals surface area contributed by atoms with E-state index in [-0.39, 0.29) is 18.6 Å². The molecule has 2 aromatic rings. The molecule has 1 aromatic heterocycles. The third-order valence-electron chi connectivity index (χ3n) is 8.95. The van der Waals surface area contributed by atoms with E-state index in [1.165, 1.54) is 19.3 Å². The molecule has 2 aliphatic heterocycles. The number of rotatable bonds is 12. The van der Waals surface area contributed by atoms with Gasteiger partial charge in [-0.2, -0.15) is 15.2 Å². The van der Waals surface area contributed by atoms with Crippen LogP contribution in [-0.4, -0.2) is 82.4 Å². The zero-order chi connectivity index (χ0) is 32.0. The SMILES string of the molecule is CCCc1c(CCCc2ccccc2Cl)nc(OCC2CCCN2C2CC2)nc1N1CCN(C(=O)OC(C)(C)C)C(CC#N)C1. The summed E-state index contributed by atoms with van der Waals surface area (Å²) in [6.45, 7) is 11.0. The van der Waals surface area contributed by atoms with Crippen molar-refractivity contribution < 1.29 is 14.3 Å². The highest BCUT2D eigenvalue weighted by molar-refractivity contribution is 6.31. The minimum atomic E-state index is -0.605. The second-order valence-corrected chi connectivity index (χ2v) is 14.1. The number of aromatic nitrogens is 2. The molecule has 3 aliphatic rings. The molecule has 0 N–H and O–H groups in total. The molecule has 9 nitrogen and oxygen atoms in total. The van der Waals surface area contributed by atoms with E-state index in [0.29, 0.717) is 44.3 Å². The fraction of sp³-hybridized carbons (Fsp3) is 0.657. The van der Waals surface area contributed by atoms with E-state index in [9.17, 15) is 10.1 Å². The maximum absolute atomic E-state index is 13.1. The lowest BCUT2D eigenvalue weighted by molar-refractivity contribution is 0.0144. The third kappa shape index (κ3) is 8.80. The summed E-state index contributed by atoms with van der Waals surface area (Å²) in [7, 11) is 0. The number of benzene rings is 1. The van der Waals surface area contributed by atoms with Gasteiger partial charge in [-0.1, -0.05) is 43.1 Å². The summed E-state index contributed by atoms with van der Waals surface area (Å²) in [5.41, 5.74) is 2.68. The van der Waals surface area contributed by atoms with E-state index in [1.54, 1.807) is 4.90 Å². The van der Waals surface area contributed by atoms with Gasteiger partial charge >= 0.3 is 12.1 Å². The summed E-state index contributed by atoms with van der Waals surface area (Å²) in [4.78, 5) is 29.7. The first-order valence-electron chi connectivity index (χ1n) is 16.8. The Morgan fingerprint density at radius 2 is 1.87 bits per heavy atom. The Hall–Kier alpha value is -3.09. The highest BCUT2D eigenvalue weighted by Crippen LogP contribution is 2.34. The number of nitriles is 1. The Bertz CT molecular complexity index is 1350. The van der Waals surface area contributed by atoms with Crippen LogP contribution in [0.3, 0.4) is 0 Å². The fourth-order valence-electron chi connectivity index (χ4n) is 6.66. The first-order valence-corrected chi connectivity index (χ1v) is 17.2. The van der Waals surface area contributed by atoms with Crippen LogP contribution in [-0.2, 0) is 24.0 Å². The van der Waals surface area contributed by atoms with Gasteiger partial charge in [-0.05, 0) is 90.3 Å². The van der Waals surface area contributed by atoms with Crippen LogP contribution in [0.2, 0.25) is 5.02 Å². The smallest absolute Gasteiger partial charge is 0.410 e. The molecule has 2 unspecified atom stereocenters. The lowest BCUT2D eigenvalue weighted by atomic mass is 10.0. The summed E-state index contributed by atoms with van der Waals surface area (Å²) in [6.07, 6.45) is 9.10. The number of carbonyl (C=O) groups is 1. The monoisotopic (exact) mass is 636 g/mol. The first-order chi connectivity index (χ1) is 21.7. The van der Waals surface area contributed by atoms with Gasteiger partial charge in [0.2, 0.25) is 0 Å². The van der Waals surface area contributed by atoms with Crippen LogP contribution in [0.1, 0.15) is 89.5 Å². The molecule has 3 fully saturated rings. The number of piperazine rings is 1. The maximum atomic E-state index is 13.1. The van der Waals surface area contributed by atoms with Crippen LogP contribution in [0.4, 0.5) is 10.6 Å². The number of hydrogen-bond donors (Lipinski definition) is 0. The van der Waals surface area contributed by atoms with Crippen LogP contribution >= 0.6 is 11.6 Å². The number of ether oxygens (including phenoxy) is 2. The van der Waals surface area contributed by atoms with Crippen LogP contribution < -0.4 is 9.64 Å². The predicted octanol–water partition coefficient (Wildman–Crippen LogP) is 6.60. The molecule has 0 bridgehead atoms. The number of amides is 1. The second kappa shape index (κ2) is 15.0. The first kappa shape index (κ1) is 33.3. The number of halogens is 1. The number of hydrogen-bond acceptors (Lipinski definition) is 8. The fourth-order valence-corrected chi connectivity index (χ4v) is 6.89. The van der Waals surface area contributed by atoms with Gasteiger partial charge in [-0.3, -0.25) is 4.90 Å². The largest absolute Gasteiger partial charge is 0.462 e. The topological polar surface area (TPSA) is 94.8 Å². The average molecular weight is 637 g/mol. The van der Waals surface area contributed by atoms with Crippen LogP contribution in [0.15, 0.2) is 24.3 Å². The third-order valence-corrected chi connectivity index (χ3v) is 9.32. The summed E-state index contributed by atoms with van der Waals surface area (Å²) in [5, 5.41) is 10.5. The normalized spacial score (nSPS) is 20.7. The Balaban J connectivity index is 1.40. The number of aryl methyl sites for hydroxylation is 2. The molecular formula is C35H49ClN6O3. The highest BCUT2D eigenvalue weighted by atomic mass is 35.5. The van der Waals surface area contributed by atoms with Gasteiger partial charge in [0, 0.05) is 42.3 Å². The van der Waals surface area contributed by atoms with Crippen molar-refractivity contribution >= 4 is 23.5 Å². The van der Waals surface area contributed by atoms with Crippen molar-refractivity contribution in [2.75, 3.05) is 37.7 Å². The zero-order valence-electron chi connectivity index (χ0n) is 27.4. The molecule has 1 amide bonds. The van der Waals surface area contributed by atoms with Crippen molar-refractivity contribution in [2.24, 2.45) is 0 Å². The van der Waals surface area contributed by atoms with E-state index in [1.807, 2.05) is 39.0 Å². The lowest BCUT2D eigenvalue weighted by Gasteiger charge is -2.42. The van der Waals surface area contributed by atoms with Gasteiger partial charge in [0.25, 0.3) is 0 Å². The molecule has 2 atom stereocenters. The van der Waals surface area contributed by atoms with Gasteiger partial charge in [0.05, 0.1) is 24.2 Å². The zero-order valence-corrected chi connectivity index (χ0v) is 28.2. The van der Waals surface area contributed by atoms with Crippen molar-refractivity contribution in [1.82, 2.24) is 19.8 Å². The molecule has 2 saturated heterocycles. The molecule has 3 heterocycles. The summed E-state index contributed by atoms with van der Waals surface area (Å²) < 4.78 is 12.1. The summed E-state index contributed by atoms with van der Waals surface area (Å²) >= 11 is 6.47. The molecule has 1 saturated carbocycles. The molecule has 5 rings (SSSR count). The molecule has 1 aliphatic carbocycles. The highest BCUT2D eigenvalue weighted by Gasteiger charge is 2.38. The van der Waals surface area contributed by atoms with E-state index < -0.39 is 5.60 Å². The van der Waals surface area contributed by atoms with Crippen molar-refractivity contribution in [3.8, 4) is 12.1 Å². The van der Waals surface area contributed by atoms with Crippen LogP contribution in [0.5, 0.6) is 6.01 Å². The molecule has 244 valence electrons. The van der Waals surface area contributed by atoms with E-state index >= 15 is 0 Å². The maximum Gasteiger partial charge on any atom is 0.410 e. The van der Waals surface area contributed by atoms with Crippen molar-refractivity contribution in [3.63, 3.8) is 0 Å². The van der Waals surface area contributed by atoms with E-state index in [2.05, 4.69) is 28.9 Å². The standard InChI is InChI=1S/C35H49ClN6O3/c1-5-10-29-31(15-8-12-25-11-6-7-14-30(25)36)38-33(44-24-28-13-9-20-41(28)26-16-17-26)39-32(29)40-21-22-42(27(23-40)18-19-37)34(43)45-35(2,3)4/h6-7,11,14,26-28H,5,8-10,12-13,15-18,20-24H2,1-4H3. The molecular weight excluding hydrogens is 588 g/mol. The molecule has 0 spiro atoms. The number of anilines is 1. The molecule has 1 aromatic carbocycles.